The molecule has 41 heavy (non-hydrogen) atoms. The molecule has 7 nitrogen and oxygen atoms in total. The van der Waals surface area contributed by atoms with E-state index < -0.39 is 28.7 Å². The molecule has 2 unspecified atom stereocenters. The van der Waals surface area contributed by atoms with Crippen molar-refractivity contribution in [3.8, 4) is 11.5 Å². The second kappa shape index (κ2) is 15.2. The van der Waals surface area contributed by atoms with Crippen molar-refractivity contribution in [1.82, 2.24) is 0 Å². The van der Waals surface area contributed by atoms with E-state index in [9.17, 15) is 26.4 Å². The summed E-state index contributed by atoms with van der Waals surface area (Å²) in [6.07, 6.45) is -3.58. The number of carbonyl (C=O) groups is 1. The lowest BCUT2D eigenvalue weighted by molar-refractivity contribution is -0.153. The van der Waals surface area contributed by atoms with Crippen molar-refractivity contribution in [3.05, 3.63) is 81.9 Å². The highest BCUT2D eigenvalue weighted by Gasteiger charge is 2.28. The number of rotatable bonds is 13. The lowest BCUT2D eigenvalue weighted by atomic mass is 10.2. The van der Waals surface area contributed by atoms with Gasteiger partial charge >= 0.3 is 12.3 Å². The molecule has 0 bridgehead atoms. The zero-order valence-electron chi connectivity index (χ0n) is 21.6. The minimum Gasteiger partial charge on any atom is -0.484 e. The monoisotopic (exact) mass is 739 g/mol. The molecular weight excluding hydrogens is 715 g/mol. The summed E-state index contributed by atoms with van der Waals surface area (Å²) in [6.45, 7) is 0.752. The SMILES string of the molecule is CC(Br)C(Br)CON(C(=O)Oc1ccc(C=CS(=O)(=O)CCc2ccc(OCC(F)(F)F)cc2)cc1)c1ccsc1. The van der Waals surface area contributed by atoms with Crippen molar-refractivity contribution in [2.75, 3.05) is 24.0 Å². The largest absolute Gasteiger partial charge is 0.484 e. The van der Waals surface area contributed by atoms with E-state index in [1.54, 1.807) is 29.0 Å². The van der Waals surface area contributed by atoms with Gasteiger partial charge in [0, 0.05) is 15.6 Å². The van der Waals surface area contributed by atoms with Gasteiger partial charge in [-0.1, -0.05) is 63.0 Å². The molecule has 0 fully saturated rings. The van der Waals surface area contributed by atoms with Crippen LogP contribution in [0.15, 0.2) is 70.8 Å². The van der Waals surface area contributed by atoms with Gasteiger partial charge in [0.25, 0.3) is 0 Å². The van der Waals surface area contributed by atoms with Gasteiger partial charge in [-0.05, 0) is 59.3 Å². The van der Waals surface area contributed by atoms with E-state index >= 15 is 0 Å². The number of benzene rings is 2. The number of thiophene rings is 1. The van der Waals surface area contributed by atoms with Crippen molar-refractivity contribution in [2.45, 2.75) is 29.2 Å². The average molecular weight is 741 g/mol. The third kappa shape index (κ3) is 11.8. The second-order valence-corrected chi connectivity index (χ2v) is 14.1. The van der Waals surface area contributed by atoms with Gasteiger partial charge in [-0.15, -0.1) is 0 Å². The van der Waals surface area contributed by atoms with E-state index in [4.69, 9.17) is 9.57 Å². The molecule has 0 saturated carbocycles. The highest BCUT2D eigenvalue weighted by molar-refractivity contribution is 9.12. The minimum absolute atomic E-state index is 0.0477. The van der Waals surface area contributed by atoms with Crippen molar-refractivity contribution in [1.29, 1.82) is 0 Å². The standard InChI is InChI=1S/C27H26Br2F3NO6S2/c1-19(28)25(29)16-38-33(22-10-13-40-17-22)26(34)39-24-8-4-21(5-9-24)12-15-41(35,36)14-11-20-2-6-23(7-3-20)37-18-27(30,31)32/h2-10,12-13,15,17,19,25H,11,14,16,18H2,1H3. The van der Waals surface area contributed by atoms with Crippen LogP contribution in [0.5, 0.6) is 11.5 Å². The summed E-state index contributed by atoms with van der Waals surface area (Å²) < 4.78 is 71.8. The van der Waals surface area contributed by atoms with Crippen LogP contribution in [0.25, 0.3) is 6.08 Å². The fourth-order valence-corrected chi connectivity index (χ4v) is 5.00. The van der Waals surface area contributed by atoms with Crippen LogP contribution in [0.4, 0.5) is 23.7 Å². The Labute approximate surface area is 257 Å². The number of hydroxylamine groups is 1. The molecule has 0 radical (unpaired) electrons. The zero-order valence-corrected chi connectivity index (χ0v) is 26.4. The molecule has 2 atom stereocenters. The van der Waals surface area contributed by atoms with E-state index in [0.717, 1.165) is 10.5 Å². The number of hydrogen-bond donors (Lipinski definition) is 0. The number of carbonyl (C=O) groups excluding carboxylic acids is 1. The van der Waals surface area contributed by atoms with Crippen molar-refractivity contribution >= 4 is 70.9 Å². The van der Waals surface area contributed by atoms with Gasteiger partial charge in [-0.2, -0.15) is 29.6 Å². The molecule has 0 aliphatic rings. The van der Waals surface area contributed by atoms with Crippen LogP contribution in [0.2, 0.25) is 0 Å². The van der Waals surface area contributed by atoms with E-state index in [1.807, 2.05) is 6.92 Å². The van der Waals surface area contributed by atoms with Crippen LogP contribution in [-0.2, 0) is 21.1 Å². The molecule has 2 aromatic carbocycles. The van der Waals surface area contributed by atoms with E-state index in [1.165, 1.54) is 53.8 Å². The third-order valence-electron chi connectivity index (χ3n) is 5.32. The highest BCUT2D eigenvalue weighted by Crippen LogP contribution is 2.24. The predicted molar refractivity (Wildman–Crippen MR) is 161 cm³/mol. The molecule has 222 valence electrons. The Kier molecular flexibility index (Phi) is 12.3. The Hall–Kier alpha value is -2.39. The van der Waals surface area contributed by atoms with Gasteiger partial charge in [0.05, 0.1) is 22.9 Å². The second-order valence-electron chi connectivity index (χ2n) is 8.67. The Morgan fingerprint density at radius 1 is 1.05 bits per heavy atom. The number of alkyl halides is 5. The third-order valence-corrected chi connectivity index (χ3v) is 9.72. The Morgan fingerprint density at radius 2 is 1.71 bits per heavy atom. The molecule has 0 spiro atoms. The first kappa shape index (κ1) is 33.1. The molecule has 1 aromatic heterocycles. The summed E-state index contributed by atoms with van der Waals surface area (Å²) in [5.41, 5.74) is 1.73. The fourth-order valence-electron chi connectivity index (χ4n) is 3.10. The first-order valence-electron chi connectivity index (χ1n) is 12.1. The first-order valence-corrected chi connectivity index (χ1v) is 16.5. The maximum Gasteiger partial charge on any atom is 0.444 e. The molecular formula is C27H26Br2F3NO6S2. The van der Waals surface area contributed by atoms with E-state index in [2.05, 4.69) is 36.6 Å². The quantitative estimate of drug-likeness (QED) is 0.131. The fraction of sp³-hybridized carbons (Fsp3) is 0.296. The van der Waals surface area contributed by atoms with Gasteiger partial charge in [-0.3, -0.25) is 4.84 Å². The van der Waals surface area contributed by atoms with Crippen LogP contribution in [0, 0.1) is 0 Å². The summed E-state index contributed by atoms with van der Waals surface area (Å²) in [7, 11) is -3.58. The van der Waals surface area contributed by atoms with Gasteiger partial charge in [0.2, 0.25) is 0 Å². The van der Waals surface area contributed by atoms with E-state index in [-0.39, 0.29) is 39.9 Å². The number of anilines is 1. The van der Waals surface area contributed by atoms with Crippen molar-refractivity contribution < 1.29 is 40.7 Å². The Morgan fingerprint density at radius 3 is 2.29 bits per heavy atom. The summed E-state index contributed by atoms with van der Waals surface area (Å²) in [4.78, 5) is 18.6. The summed E-state index contributed by atoms with van der Waals surface area (Å²) in [6, 6.07) is 13.8. The van der Waals surface area contributed by atoms with E-state index in [0.29, 0.717) is 16.8 Å². The number of aryl methyl sites for hydroxylation is 1. The maximum atomic E-state index is 12.8. The molecule has 3 aromatic rings. The molecule has 14 heteroatoms. The normalized spacial score (nSPS) is 13.6. The smallest absolute Gasteiger partial charge is 0.444 e. The van der Waals surface area contributed by atoms with Crippen LogP contribution >= 0.6 is 43.2 Å². The van der Waals surface area contributed by atoms with Crippen molar-refractivity contribution in [2.24, 2.45) is 0 Å². The zero-order chi connectivity index (χ0) is 30.0. The lowest BCUT2D eigenvalue weighted by Crippen LogP contribution is -2.36. The average Bonchev–Trinajstić information content (AvgIpc) is 3.45. The van der Waals surface area contributed by atoms with Crippen LogP contribution in [0.3, 0.4) is 0 Å². The number of ether oxygens (including phenoxy) is 2. The summed E-state index contributed by atoms with van der Waals surface area (Å²) in [5.74, 6) is 0.0981. The summed E-state index contributed by atoms with van der Waals surface area (Å²) in [5, 5.41) is 5.71. The Balaban J connectivity index is 1.54. The number of halogens is 5. The molecule has 0 aliphatic heterocycles. The van der Waals surface area contributed by atoms with Gasteiger partial charge < -0.3 is 9.47 Å². The molecule has 1 amide bonds. The maximum absolute atomic E-state index is 12.8. The van der Waals surface area contributed by atoms with Gasteiger partial charge in [-0.25, -0.2) is 13.2 Å². The van der Waals surface area contributed by atoms with Crippen molar-refractivity contribution in [3.63, 3.8) is 0 Å². The minimum atomic E-state index is -4.44. The molecule has 0 aliphatic carbocycles. The predicted octanol–water partition coefficient (Wildman–Crippen LogP) is 7.80. The topological polar surface area (TPSA) is 82.1 Å². The molecule has 3 rings (SSSR count). The van der Waals surface area contributed by atoms with Crippen LogP contribution < -0.4 is 14.5 Å². The van der Waals surface area contributed by atoms with Gasteiger partial charge in [0.15, 0.2) is 16.4 Å². The lowest BCUT2D eigenvalue weighted by Gasteiger charge is -2.22. The number of amides is 1. The van der Waals surface area contributed by atoms with Gasteiger partial charge in [0.1, 0.15) is 11.5 Å². The first-order chi connectivity index (χ1) is 19.3. The van der Waals surface area contributed by atoms with Crippen LogP contribution in [-0.4, -0.2) is 49.3 Å². The Bertz CT molecular complexity index is 1380. The molecule has 0 N–H and O–H groups in total. The summed E-state index contributed by atoms with van der Waals surface area (Å²) >= 11 is 8.34. The highest BCUT2D eigenvalue weighted by atomic mass is 79.9. The van der Waals surface area contributed by atoms with Crippen LogP contribution in [0.1, 0.15) is 18.1 Å². The number of sulfone groups is 1. The number of hydrogen-bond acceptors (Lipinski definition) is 7. The molecule has 1 heterocycles. The molecule has 0 saturated heterocycles. The number of nitrogens with zero attached hydrogens (tertiary/aromatic N) is 1.